The first-order chi connectivity index (χ1) is 24.6. The third-order valence-electron chi connectivity index (χ3n) is 14.5. The fourth-order valence-corrected chi connectivity index (χ4v) is 11.7. The number of nitrogens with one attached hydrogen (secondary N) is 1. The average Bonchev–Trinajstić information content (AvgIpc) is 4.05. The molecule has 0 amide bonds. The number of aromatic hydroxyl groups is 2. The monoisotopic (exact) mass is 714 g/mol. The van der Waals surface area contributed by atoms with Crippen LogP contribution in [0, 0.1) is 11.8 Å². The highest BCUT2D eigenvalue weighted by atomic mass is 16.5. The molecule has 2 spiro atoms. The first kappa shape index (κ1) is 34.3. The maximum atomic E-state index is 12.7. The van der Waals surface area contributed by atoms with Crippen LogP contribution >= 0.6 is 0 Å². The van der Waals surface area contributed by atoms with Crippen molar-refractivity contribution in [1.29, 1.82) is 0 Å². The van der Waals surface area contributed by atoms with Gasteiger partial charge in [-0.15, -0.1) is 0 Å². The zero-order chi connectivity index (χ0) is 35.1. The number of aldehydes is 1. The summed E-state index contributed by atoms with van der Waals surface area (Å²) < 4.78 is 11.9. The Morgan fingerprint density at radius 2 is 1.37 bits per heavy atom. The standard InChI is InChI=1S/C20H23NO4.C16H17NO4.C4H6O.CH4/c22-13-4-3-12-9-15-20(24)6-5-14(23)18-19(20,16(12)17(13)25-18)7-8-21(15)10-11-1-2-11;18-9-2-1-8-7-11-16(20)4-3-10(19)14-15(16,5-6-17-11)12(8)13(9)21-14;5-3-4-1-2-4;/h3-4,11,15,18,22,24H,1-2,5-10H2;1-2,11,14,17-18,20H,3-7H2;3-4H,1-2H2;1H4/t15-,18+,19+,20-;11-,14+,15+,16-;;/m11../s1. The third-order valence-corrected chi connectivity index (χ3v) is 14.5. The zero-order valence-corrected chi connectivity index (χ0v) is 28.7. The van der Waals surface area contributed by atoms with Crippen LogP contribution in [0.1, 0.15) is 93.9 Å². The van der Waals surface area contributed by atoms with Gasteiger partial charge >= 0.3 is 0 Å². The minimum Gasteiger partial charge on any atom is -0.504 e. The van der Waals surface area contributed by atoms with Gasteiger partial charge in [0.1, 0.15) is 6.29 Å². The Morgan fingerprint density at radius 1 is 0.788 bits per heavy atom. The van der Waals surface area contributed by atoms with Crippen molar-refractivity contribution in [3.8, 4) is 23.0 Å². The number of carbonyl (C=O) groups excluding carboxylic acids is 3. The number of carbonyl (C=O) groups is 3. The number of hydrogen-bond donors (Lipinski definition) is 5. The van der Waals surface area contributed by atoms with E-state index in [0.29, 0.717) is 55.9 Å². The first-order valence-electron chi connectivity index (χ1n) is 19.0. The fourth-order valence-electron chi connectivity index (χ4n) is 11.7. The Balaban J connectivity index is 0.000000121. The molecule has 10 aliphatic rings. The molecule has 278 valence electrons. The van der Waals surface area contributed by atoms with Crippen molar-refractivity contribution in [3.63, 3.8) is 0 Å². The molecule has 2 aromatic carbocycles. The normalized spacial score (nSPS) is 39.2. The zero-order valence-electron chi connectivity index (χ0n) is 28.7. The third kappa shape index (κ3) is 4.30. The van der Waals surface area contributed by atoms with Crippen molar-refractivity contribution in [3.05, 3.63) is 46.5 Å². The van der Waals surface area contributed by atoms with Crippen LogP contribution in [-0.2, 0) is 38.1 Å². The second-order valence-corrected chi connectivity index (χ2v) is 17.0. The summed E-state index contributed by atoms with van der Waals surface area (Å²) >= 11 is 0. The van der Waals surface area contributed by atoms with E-state index in [9.17, 15) is 34.8 Å². The van der Waals surface area contributed by atoms with Crippen molar-refractivity contribution in [2.75, 3.05) is 19.6 Å². The molecule has 2 aromatic rings. The number of ether oxygens (including phenoxy) is 2. The van der Waals surface area contributed by atoms with Gasteiger partial charge in [-0.25, -0.2) is 0 Å². The molecule has 12 rings (SSSR count). The number of ketones is 2. The largest absolute Gasteiger partial charge is 0.504 e. The van der Waals surface area contributed by atoms with Gasteiger partial charge in [-0.2, -0.15) is 0 Å². The lowest BCUT2D eigenvalue weighted by Gasteiger charge is -2.62. The summed E-state index contributed by atoms with van der Waals surface area (Å²) in [6, 6.07) is 7.18. The summed E-state index contributed by atoms with van der Waals surface area (Å²) in [6.45, 7) is 2.71. The smallest absolute Gasteiger partial charge is 0.174 e. The molecule has 4 aliphatic heterocycles. The van der Waals surface area contributed by atoms with Crippen LogP contribution in [0.5, 0.6) is 23.0 Å². The van der Waals surface area contributed by atoms with Gasteiger partial charge in [0, 0.05) is 48.5 Å². The van der Waals surface area contributed by atoms with Gasteiger partial charge < -0.3 is 40.0 Å². The second kappa shape index (κ2) is 11.5. The van der Waals surface area contributed by atoms with Crippen LogP contribution in [0.3, 0.4) is 0 Å². The number of benzene rings is 2. The lowest BCUT2D eigenvalue weighted by atomic mass is 9.49. The second-order valence-electron chi connectivity index (χ2n) is 17.0. The molecular weight excluding hydrogens is 664 g/mol. The van der Waals surface area contributed by atoms with Crippen molar-refractivity contribution in [2.24, 2.45) is 11.8 Å². The molecular formula is C41H50N2O9. The van der Waals surface area contributed by atoms with Crippen LogP contribution in [0.2, 0.25) is 0 Å². The van der Waals surface area contributed by atoms with Gasteiger partial charge in [-0.05, 0) is 106 Å². The Hall–Kier alpha value is -3.51. The number of Topliss-reactive ketones (excluding diaryl/α,β-unsaturated/α-hetero) is 2. The molecule has 4 heterocycles. The highest BCUT2D eigenvalue weighted by Crippen LogP contribution is 2.66. The van der Waals surface area contributed by atoms with E-state index in [4.69, 9.17) is 9.47 Å². The molecule has 2 saturated heterocycles. The molecule has 0 unspecified atom stereocenters. The van der Waals surface area contributed by atoms with Gasteiger partial charge in [0.15, 0.2) is 46.8 Å². The van der Waals surface area contributed by atoms with Gasteiger partial charge in [0.05, 0.1) is 22.0 Å². The van der Waals surface area contributed by atoms with Gasteiger partial charge in [-0.1, -0.05) is 19.6 Å². The van der Waals surface area contributed by atoms with Crippen LogP contribution in [0.4, 0.5) is 0 Å². The van der Waals surface area contributed by atoms with E-state index in [-0.39, 0.29) is 42.6 Å². The summed E-state index contributed by atoms with van der Waals surface area (Å²) in [4.78, 5) is 37.2. The summed E-state index contributed by atoms with van der Waals surface area (Å²) in [6.07, 6.45) is 9.18. The number of rotatable bonds is 3. The summed E-state index contributed by atoms with van der Waals surface area (Å²) in [7, 11) is 0. The molecule has 4 saturated carbocycles. The maximum absolute atomic E-state index is 12.7. The molecule has 6 aliphatic carbocycles. The molecule has 0 aromatic heterocycles. The first-order valence-corrected chi connectivity index (χ1v) is 19.0. The lowest BCUT2D eigenvalue weighted by Crippen LogP contribution is -2.76. The number of phenols is 2. The highest BCUT2D eigenvalue weighted by molar-refractivity contribution is 5.91. The van der Waals surface area contributed by atoms with E-state index in [1.807, 2.05) is 12.1 Å². The van der Waals surface area contributed by atoms with Crippen LogP contribution in [0.25, 0.3) is 0 Å². The topological polar surface area (TPSA) is 166 Å². The minimum atomic E-state index is -0.962. The average molecular weight is 715 g/mol. The number of likely N-dealkylation sites (tertiary alicyclic amines) is 1. The minimum absolute atomic E-state index is 0. The van der Waals surface area contributed by atoms with Gasteiger partial charge in [0.2, 0.25) is 0 Å². The van der Waals surface area contributed by atoms with Crippen molar-refractivity contribution >= 4 is 17.9 Å². The predicted molar refractivity (Wildman–Crippen MR) is 189 cm³/mol. The quantitative estimate of drug-likeness (QED) is 0.297. The molecule has 52 heavy (non-hydrogen) atoms. The van der Waals surface area contributed by atoms with E-state index < -0.39 is 34.2 Å². The predicted octanol–water partition coefficient (Wildman–Crippen LogP) is 3.16. The van der Waals surface area contributed by atoms with E-state index in [1.165, 1.54) is 12.8 Å². The molecule has 6 fully saturated rings. The fraction of sp³-hybridized carbons (Fsp3) is 0.634. The summed E-state index contributed by atoms with van der Waals surface area (Å²) in [5.74, 6) is 2.38. The number of phenolic OH excluding ortho intramolecular Hbond substituents is 2. The molecule has 8 atom stereocenters. The molecule has 4 bridgehead atoms. The maximum Gasteiger partial charge on any atom is 0.174 e. The summed E-state index contributed by atoms with van der Waals surface area (Å²) in [5.41, 5.74) is 0.785. The van der Waals surface area contributed by atoms with E-state index in [2.05, 4.69) is 10.2 Å². The van der Waals surface area contributed by atoms with Gasteiger partial charge in [0.25, 0.3) is 0 Å². The Morgan fingerprint density at radius 3 is 1.92 bits per heavy atom. The Bertz CT molecular complexity index is 1870. The van der Waals surface area contributed by atoms with E-state index in [0.717, 1.165) is 79.8 Å². The molecule has 0 radical (unpaired) electrons. The van der Waals surface area contributed by atoms with Crippen LogP contribution in [-0.4, -0.2) is 98.3 Å². The highest BCUT2D eigenvalue weighted by Gasteiger charge is 2.74. The number of piperidine rings is 2. The Labute approximate surface area is 303 Å². The van der Waals surface area contributed by atoms with Crippen molar-refractivity contribution < 1.29 is 44.3 Å². The van der Waals surface area contributed by atoms with E-state index in [1.54, 1.807) is 12.1 Å². The SMILES string of the molecule is C.O=C1CC[C@@]2(O)[C@H]3Cc4ccc(O)c5c4[C@@]2(CCN3)[C@H]1O5.O=C1CC[C@@]2(O)[C@H]3Cc4ccc(O)c5c4[C@@]2(CCN3CC2CC2)[C@H]1O5.O=CC1CC1. The molecule has 11 nitrogen and oxygen atoms in total. The number of hydrogen-bond acceptors (Lipinski definition) is 11. The Kier molecular flexibility index (Phi) is 7.58. The van der Waals surface area contributed by atoms with E-state index >= 15 is 0 Å². The van der Waals surface area contributed by atoms with Crippen molar-refractivity contribution in [2.45, 2.75) is 131 Å². The summed E-state index contributed by atoms with van der Waals surface area (Å²) in [5, 5.41) is 47.3. The molecule has 11 heteroatoms. The number of aliphatic hydroxyl groups is 2. The van der Waals surface area contributed by atoms with Crippen LogP contribution < -0.4 is 14.8 Å². The molecule has 5 N–H and O–H groups in total. The van der Waals surface area contributed by atoms with Crippen LogP contribution in [0.15, 0.2) is 24.3 Å². The van der Waals surface area contributed by atoms with Gasteiger partial charge in [-0.3, -0.25) is 14.5 Å². The number of nitrogens with zero attached hydrogens (tertiary/aromatic N) is 1. The lowest BCUT2D eigenvalue weighted by molar-refractivity contribution is -0.188. The van der Waals surface area contributed by atoms with Crippen molar-refractivity contribution in [1.82, 2.24) is 10.2 Å².